The van der Waals surface area contributed by atoms with Crippen molar-refractivity contribution in [3.8, 4) is 10.6 Å². The Morgan fingerprint density at radius 2 is 1.85 bits per heavy atom. The van der Waals surface area contributed by atoms with Crippen LogP contribution in [0.1, 0.15) is 13.8 Å². The minimum absolute atomic E-state index is 0.0965. The van der Waals surface area contributed by atoms with E-state index < -0.39 is 20.5 Å². The average Bonchev–Trinajstić information content (AvgIpc) is 3.26. The van der Waals surface area contributed by atoms with Gasteiger partial charge in [0.1, 0.15) is 4.75 Å². The number of hydrogen-bond acceptors (Lipinski definition) is 6. The SMILES string of the molecule is CC(C)(C(=O)Nc1nc(-c2cccs2)cs1)S(=O)(=O)c1ccc(Br)cc1. The molecule has 26 heavy (non-hydrogen) atoms. The van der Waals surface area contributed by atoms with Gasteiger partial charge < -0.3 is 5.32 Å². The third-order valence-electron chi connectivity index (χ3n) is 3.84. The first-order valence-electron chi connectivity index (χ1n) is 7.53. The van der Waals surface area contributed by atoms with Crippen LogP contribution in [0.25, 0.3) is 10.6 Å². The second-order valence-corrected chi connectivity index (χ2v) is 11.2. The number of aromatic nitrogens is 1. The molecule has 1 amide bonds. The zero-order valence-corrected chi connectivity index (χ0v) is 17.9. The van der Waals surface area contributed by atoms with Crippen molar-refractivity contribution in [1.82, 2.24) is 4.98 Å². The van der Waals surface area contributed by atoms with Crippen LogP contribution in [0.2, 0.25) is 0 Å². The van der Waals surface area contributed by atoms with Crippen LogP contribution in [0.3, 0.4) is 0 Å². The quantitative estimate of drug-likeness (QED) is 0.579. The number of halogens is 1. The highest BCUT2D eigenvalue weighted by molar-refractivity contribution is 9.10. The Labute approximate surface area is 168 Å². The average molecular weight is 471 g/mol. The lowest BCUT2D eigenvalue weighted by Crippen LogP contribution is -2.44. The number of thiazole rings is 1. The van der Waals surface area contributed by atoms with E-state index in [1.165, 1.54) is 37.3 Å². The summed E-state index contributed by atoms with van der Waals surface area (Å²) in [6, 6.07) is 10.1. The molecule has 136 valence electrons. The minimum atomic E-state index is -3.86. The van der Waals surface area contributed by atoms with Crippen molar-refractivity contribution in [3.05, 3.63) is 51.6 Å². The van der Waals surface area contributed by atoms with Crippen LogP contribution in [-0.4, -0.2) is 24.1 Å². The smallest absolute Gasteiger partial charge is 0.247 e. The van der Waals surface area contributed by atoms with E-state index in [4.69, 9.17) is 0 Å². The maximum atomic E-state index is 12.9. The summed E-state index contributed by atoms with van der Waals surface area (Å²) >= 11 is 6.09. The Bertz CT molecular complexity index is 1020. The van der Waals surface area contributed by atoms with Crippen molar-refractivity contribution in [2.75, 3.05) is 5.32 Å². The summed E-state index contributed by atoms with van der Waals surface area (Å²) in [6.07, 6.45) is 0. The number of benzene rings is 1. The number of carbonyl (C=O) groups excluding carboxylic acids is 1. The van der Waals surface area contributed by atoms with Gasteiger partial charge in [0.15, 0.2) is 15.0 Å². The van der Waals surface area contributed by atoms with Crippen LogP contribution in [0, 0.1) is 0 Å². The van der Waals surface area contributed by atoms with Crippen LogP contribution >= 0.6 is 38.6 Å². The maximum absolute atomic E-state index is 12.9. The van der Waals surface area contributed by atoms with Crippen molar-refractivity contribution >= 4 is 59.5 Å². The third kappa shape index (κ3) is 3.62. The van der Waals surface area contributed by atoms with Crippen LogP contribution in [0.5, 0.6) is 0 Å². The molecule has 0 unspecified atom stereocenters. The lowest BCUT2D eigenvalue weighted by atomic mass is 10.2. The Kier molecular flexibility index (Phi) is 5.34. The van der Waals surface area contributed by atoms with Gasteiger partial charge in [-0.1, -0.05) is 22.0 Å². The topological polar surface area (TPSA) is 76.1 Å². The van der Waals surface area contributed by atoms with E-state index in [2.05, 4.69) is 26.2 Å². The first kappa shape index (κ1) is 19.2. The highest BCUT2D eigenvalue weighted by Crippen LogP contribution is 2.31. The summed E-state index contributed by atoms with van der Waals surface area (Å²) in [5.74, 6) is -0.618. The summed E-state index contributed by atoms with van der Waals surface area (Å²) in [5, 5.41) is 6.79. The number of amides is 1. The zero-order valence-electron chi connectivity index (χ0n) is 13.9. The zero-order chi connectivity index (χ0) is 18.9. The van der Waals surface area contributed by atoms with Gasteiger partial charge in [-0.25, -0.2) is 13.4 Å². The number of rotatable bonds is 5. The second-order valence-electron chi connectivity index (χ2n) is 5.94. The molecule has 3 aromatic rings. The van der Waals surface area contributed by atoms with E-state index in [1.807, 2.05) is 22.9 Å². The number of carbonyl (C=O) groups is 1. The molecular weight excluding hydrogens is 456 g/mol. The number of sulfone groups is 1. The molecule has 1 aromatic carbocycles. The van der Waals surface area contributed by atoms with Crippen LogP contribution in [0.4, 0.5) is 5.13 Å². The number of hydrogen-bond donors (Lipinski definition) is 1. The van der Waals surface area contributed by atoms with Gasteiger partial charge in [-0.05, 0) is 49.6 Å². The first-order valence-corrected chi connectivity index (χ1v) is 11.6. The Balaban J connectivity index is 1.83. The highest BCUT2D eigenvalue weighted by atomic mass is 79.9. The minimum Gasteiger partial charge on any atom is -0.301 e. The molecule has 2 aromatic heterocycles. The van der Waals surface area contributed by atoms with Gasteiger partial charge >= 0.3 is 0 Å². The van der Waals surface area contributed by atoms with Gasteiger partial charge in [-0.15, -0.1) is 22.7 Å². The van der Waals surface area contributed by atoms with Gasteiger partial charge in [0.2, 0.25) is 5.91 Å². The molecule has 9 heteroatoms. The predicted octanol–water partition coefficient (Wildman–Crippen LogP) is 4.83. The number of nitrogens with zero attached hydrogens (tertiary/aromatic N) is 1. The molecule has 0 aliphatic heterocycles. The molecule has 0 bridgehead atoms. The number of anilines is 1. The molecule has 0 fully saturated rings. The Morgan fingerprint density at radius 1 is 1.15 bits per heavy atom. The van der Waals surface area contributed by atoms with Gasteiger partial charge in [-0.3, -0.25) is 4.79 Å². The summed E-state index contributed by atoms with van der Waals surface area (Å²) in [7, 11) is -3.86. The number of thiophene rings is 1. The molecule has 5 nitrogen and oxygen atoms in total. The third-order valence-corrected chi connectivity index (χ3v) is 8.44. The van der Waals surface area contributed by atoms with Crippen molar-refractivity contribution in [3.63, 3.8) is 0 Å². The molecule has 0 atom stereocenters. The maximum Gasteiger partial charge on any atom is 0.247 e. The van der Waals surface area contributed by atoms with E-state index >= 15 is 0 Å². The monoisotopic (exact) mass is 470 g/mol. The summed E-state index contributed by atoms with van der Waals surface area (Å²) in [5.41, 5.74) is 0.758. The molecule has 0 aliphatic carbocycles. The summed E-state index contributed by atoms with van der Waals surface area (Å²) < 4.78 is 24.9. The van der Waals surface area contributed by atoms with Crippen LogP contribution in [-0.2, 0) is 14.6 Å². The second kappa shape index (κ2) is 7.22. The van der Waals surface area contributed by atoms with Crippen molar-refractivity contribution in [2.24, 2.45) is 0 Å². The molecule has 1 N–H and O–H groups in total. The molecule has 0 radical (unpaired) electrons. The van der Waals surface area contributed by atoms with Crippen molar-refractivity contribution in [1.29, 1.82) is 0 Å². The molecule has 2 heterocycles. The van der Waals surface area contributed by atoms with E-state index in [0.717, 1.165) is 15.0 Å². The predicted molar refractivity (Wildman–Crippen MR) is 109 cm³/mol. The van der Waals surface area contributed by atoms with E-state index in [-0.39, 0.29) is 4.90 Å². The van der Waals surface area contributed by atoms with Crippen LogP contribution in [0.15, 0.2) is 56.5 Å². The fourth-order valence-corrected chi connectivity index (χ4v) is 5.26. The summed E-state index contributed by atoms with van der Waals surface area (Å²) in [6.45, 7) is 2.79. The molecule has 0 saturated heterocycles. The lowest BCUT2D eigenvalue weighted by molar-refractivity contribution is -0.117. The first-order chi connectivity index (χ1) is 12.2. The van der Waals surface area contributed by atoms with Crippen molar-refractivity contribution < 1.29 is 13.2 Å². The summed E-state index contributed by atoms with van der Waals surface area (Å²) in [4.78, 5) is 18.1. The molecule has 3 rings (SSSR count). The number of nitrogens with one attached hydrogen (secondary N) is 1. The van der Waals surface area contributed by atoms with Gasteiger partial charge in [0, 0.05) is 9.85 Å². The fraction of sp³-hybridized carbons (Fsp3) is 0.176. The van der Waals surface area contributed by atoms with Gasteiger partial charge in [0.25, 0.3) is 0 Å². The fourth-order valence-electron chi connectivity index (χ4n) is 2.15. The lowest BCUT2D eigenvalue weighted by Gasteiger charge is -2.23. The molecule has 0 spiro atoms. The standard InChI is InChI=1S/C17H15BrN2O3S3/c1-17(2,26(22,23)12-7-5-11(18)6-8-12)15(21)20-16-19-13(10-25-16)14-4-3-9-24-14/h3-10H,1-2H3,(H,19,20,21). The highest BCUT2D eigenvalue weighted by Gasteiger charge is 2.43. The molecular formula is C17H15BrN2O3S3. The normalized spacial score (nSPS) is 12.1. The molecule has 0 aliphatic rings. The Hall–Kier alpha value is -1.55. The van der Waals surface area contributed by atoms with E-state index in [9.17, 15) is 13.2 Å². The van der Waals surface area contributed by atoms with Gasteiger partial charge in [0.05, 0.1) is 15.5 Å². The van der Waals surface area contributed by atoms with Gasteiger partial charge in [-0.2, -0.15) is 0 Å². The van der Waals surface area contributed by atoms with E-state index in [0.29, 0.717) is 5.13 Å². The van der Waals surface area contributed by atoms with E-state index in [1.54, 1.807) is 23.5 Å². The largest absolute Gasteiger partial charge is 0.301 e. The molecule has 0 saturated carbocycles. The van der Waals surface area contributed by atoms with Crippen molar-refractivity contribution in [2.45, 2.75) is 23.5 Å². The van der Waals surface area contributed by atoms with Crippen LogP contribution < -0.4 is 5.32 Å². The Morgan fingerprint density at radius 3 is 2.46 bits per heavy atom.